The summed E-state index contributed by atoms with van der Waals surface area (Å²) in [6, 6.07) is 11.2. The third kappa shape index (κ3) is 3.77. The molecule has 1 unspecified atom stereocenters. The SMILES string of the molecule is O=C(O)C(CC=Cc1cccc([N+](=O)[O-])c1)c1ccc2c(c1)OCO2. The van der Waals surface area contributed by atoms with Crippen molar-refractivity contribution < 1.29 is 24.3 Å². The highest BCUT2D eigenvalue weighted by atomic mass is 16.7. The van der Waals surface area contributed by atoms with Crippen molar-refractivity contribution in [2.24, 2.45) is 0 Å². The molecule has 2 aromatic carbocycles. The van der Waals surface area contributed by atoms with Gasteiger partial charge in [-0.25, -0.2) is 0 Å². The lowest BCUT2D eigenvalue weighted by atomic mass is 9.95. The van der Waals surface area contributed by atoms with Crippen LogP contribution < -0.4 is 9.47 Å². The van der Waals surface area contributed by atoms with Crippen molar-refractivity contribution in [2.45, 2.75) is 12.3 Å². The van der Waals surface area contributed by atoms with E-state index in [1.54, 1.807) is 42.5 Å². The molecular formula is C18H15NO6. The van der Waals surface area contributed by atoms with Crippen LogP contribution in [0.2, 0.25) is 0 Å². The standard InChI is InChI=1S/C18H15NO6/c20-18(21)15(13-7-8-16-17(10-13)25-11-24-16)6-2-4-12-3-1-5-14(9-12)19(22)23/h1-5,7-10,15H,6,11H2,(H,20,21). The minimum Gasteiger partial charge on any atom is -0.481 e. The molecule has 25 heavy (non-hydrogen) atoms. The van der Waals surface area contributed by atoms with Crippen LogP contribution >= 0.6 is 0 Å². The molecule has 7 heteroatoms. The number of fused-ring (bicyclic) bond motifs is 1. The number of aliphatic carboxylic acids is 1. The van der Waals surface area contributed by atoms with Crippen LogP contribution in [-0.2, 0) is 4.79 Å². The predicted octanol–water partition coefficient (Wildman–Crippen LogP) is 3.60. The van der Waals surface area contributed by atoms with Crippen LogP contribution in [0.5, 0.6) is 11.5 Å². The van der Waals surface area contributed by atoms with E-state index in [0.29, 0.717) is 22.6 Å². The number of nitro groups is 1. The van der Waals surface area contributed by atoms with Gasteiger partial charge in [0, 0.05) is 12.1 Å². The van der Waals surface area contributed by atoms with Gasteiger partial charge in [-0.1, -0.05) is 30.4 Å². The molecule has 3 rings (SSSR count). The van der Waals surface area contributed by atoms with Crippen LogP contribution in [0.3, 0.4) is 0 Å². The van der Waals surface area contributed by atoms with E-state index in [1.807, 2.05) is 0 Å². The summed E-state index contributed by atoms with van der Waals surface area (Å²) in [5.41, 5.74) is 1.25. The Balaban J connectivity index is 1.75. The highest BCUT2D eigenvalue weighted by molar-refractivity contribution is 5.77. The normalized spacial score (nSPS) is 13.8. The Bertz CT molecular complexity index is 845. The first-order valence-electron chi connectivity index (χ1n) is 7.58. The smallest absolute Gasteiger partial charge is 0.311 e. The molecule has 1 N–H and O–H groups in total. The van der Waals surface area contributed by atoms with E-state index >= 15 is 0 Å². The molecule has 0 aromatic heterocycles. The molecule has 1 aliphatic heterocycles. The van der Waals surface area contributed by atoms with Gasteiger partial charge in [0.15, 0.2) is 11.5 Å². The van der Waals surface area contributed by atoms with Gasteiger partial charge < -0.3 is 14.6 Å². The first-order chi connectivity index (χ1) is 12.0. The molecule has 0 saturated carbocycles. The number of hydrogen-bond donors (Lipinski definition) is 1. The minimum absolute atomic E-state index is 0.00675. The van der Waals surface area contributed by atoms with Crippen LogP contribution in [0.15, 0.2) is 48.5 Å². The molecule has 0 bridgehead atoms. The Kier molecular flexibility index (Phi) is 4.65. The molecule has 0 spiro atoms. The number of carboxylic acid groups (broad SMARTS) is 1. The maximum Gasteiger partial charge on any atom is 0.311 e. The van der Waals surface area contributed by atoms with E-state index in [2.05, 4.69) is 0 Å². The lowest BCUT2D eigenvalue weighted by Crippen LogP contribution is -2.10. The van der Waals surface area contributed by atoms with Gasteiger partial charge in [0.1, 0.15) is 0 Å². The van der Waals surface area contributed by atoms with Crippen LogP contribution in [0, 0.1) is 10.1 Å². The second-order valence-corrected chi connectivity index (χ2v) is 5.49. The molecule has 0 aliphatic carbocycles. The summed E-state index contributed by atoms with van der Waals surface area (Å²) < 4.78 is 10.5. The zero-order valence-electron chi connectivity index (χ0n) is 13.1. The lowest BCUT2D eigenvalue weighted by Gasteiger charge is -2.11. The highest BCUT2D eigenvalue weighted by Gasteiger charge is 2.22. The molecule has 128 valence electrons. The molecule has 1 heterocycles. The topological polar surface area (TPSA) is 98.9 Å². The molecule has 0 radical (unpaired) electrons. The van der Waals surface area contributed by atoms with Crippen molar-refractivity contribution in [1.82, 2.24) is 0 Å². The Hall–Kier alpha value is -3.35. The van der Waals surface area contributed by atoms with E-state index in [-0.39, 0.29) is 18.9 Å². The van der Waals surface area contributed by atoms with Crippen molar-refractivity contribution >= 4 is 17.7 Å². The highest BCUT2D eigenvalue weighted by Crippen LogP contribution is 2.35. The zero-order valence-corrected chi connectivity index (χ0v) is 13.1. The lowest BCUT2D eigenvalue weighted by molar-refractivity contribution is -0.384. The fourth-order valence-corrected chi connectivity index (χ4v) is 2.59. The summed E-state index contributed by atoms with van der Waals surface area (Å²) in [5.74, 6) is -0.571. The average Bonchev–Trinajstić information content (AvgIpc) is 3.06. The number of allylic oxidation sites excluding steroid dienone is 1. The van der Waals surface area contributed by atoms with Crippen molar-refractivity contribution in [2.75, 3.05) is 6.79 Å². The molecule has 2 aromatic rings. The van der Waals surface area contributed by atoms with Crippen LogP contribution in [0.1, 0.15) is 23.5 Å². The first-order valence-corrected chi connectivity index (χ1v) is 7.58. The van der Waals surface area contributed by atoms with Gasteiger partial charge in [-0.3, -0.25) is 14.9 Å². The molecule has 0 amide bonds. The van der Waals surface area contributed by atoms with Crippen molar-refractivity contribution in [3.05, 3.63) is 69.8 Å². The Morgan fingerprint density at radius 1 is 1.24 bits per heavy atom. The molecule has 0 fully saturated rings. The third-order valence-corrected chi connectivity index (χ3v) is 3.86. The number of nitro benzene ring substituents is 1. The maximum atomic E-state index is 11.6. The number of non-ortho nitro benzene ring substituents is 1. The Morgan fingerprint density at radius 3 is 2.80 bits per heavy atom. The quantitative estimate of drug-likeness (QED) is 0.637. The van der Waals surface area contributed by atoms with E-state index in [0.717, 1.165) is 0 Å². The molecule has 7 nitrogen and oxygen atoms in total. The summed E-state index contributed by atoms with van der Waals surface area (Å²) in [4.78, 5) is 21.9. The fourth-order valence-electron chi connectivity index (χ4n) is 2.59. The first kappa shape index (κ1) is 16.5. The second kappa shape index (κ2) is 7.04. The van der Waals surface area contributed by atoms with Crippen molar-refractivity contribution in [1.29, 1.82) is 0 Å². The van der Waals surface area contributed by atoms with Crippen LogP contribution in [-0.4, -0.2) is 22.8 Å². The Labute approximate surface area is 143 Å². The van der Waals surface area contributed by atoms with Crippen LogP contribution in [0.25, 0.3) is 6.08 Å². The number of nitrogens with zero attached hydrogens (tertiary/aromatic N) is 1. The summed E-state index contributed by atoms with van der Waals surface area (Å²) in [6.07, 6.45) is 3.62. The second-order valence-electron chi connectivity index (χ2n) is 5.49. The number of rotatable bonds is 6. The molecule has 1 aliphatic rings. The summed E-state index contributed by atoms with van der Waals surface area (Å²) in [7, 11) is 0. The van der Waals surface area contributed by atoms with E-state index in [4.69, 9.17) is 9.47 Å². The van der Waals surface area contributed by atoms with Crippen LogP contribution in [0.4, 0.5) is 5.69 Å². The van der Waals surface area contributed by atoms with Gasteiger partial charge in [0.05, 0.1) is 10.8 Å². The number of carboxylic acids is 1. The van der Waals surface area contributed by atoms with E-state index in [9.17, 15) is 20.0 Å². The van der Waals surface area contributed by atoms with Crippen molar-refractivity contribution in [3.8, 4) is 11.5 Å². The minimum atomic E-state index is -0.956. The van der Waals surface area contributed by atoms with E-state index in [1.165, 1.54) is 12.1 Å². The van der Waals surface area contributed by atoms with E-state index < -0.39 is 16.8 Å². The number of ether oxygens (including phenoxy) is 2. The largest absolute Gasteiger partial charge is 0.481 e. The summed E-state index contributed by atoms with van der Waals surface area (Å²) in [5, 5.41) is 20.3. The number of carbonyl (C=O) groups is 1. The summed E-state index contributed by atoms with van der Waals surface area (Å²) >= 11 is 0. The number of hydrogen-bond acceptors (Lipinski definition) is 5. The average molecular weight is 341 g/mol. The molecular weight excluding hydrogens is 326 g/mol. The zero-order chi connectivity index (χ0) is 17.8. The van der Waals surface area contributed by atoms with Gasteiger partial charge in [-0.2, -0.15) is 0 Å². The van der Waals surface area contributed by atoms with Gasteiger partial charge in [-0.05, 0) is 29.7 Å². The Morgan fingerprint density at radius 2 is 2.04 bits per heavy atom. The van der Waals surface area contributed by atoms with Gasteiger partial charge in [-0.15, -0.1) is 0 Å². The van der Waals surface area contributed by atoms with Crippen molar-refractivity contribution in [3.63, 3.8) is 0 Å². The fraction of sp³-hybridized carbons (Fsp3) is 0.167. The maximum absolute atomic E-state index is 11.6. The van der Waals surface area contributed by atoms with Gasteiger partial charge in [0.25, 0.3) is 5.69 Å². The van der Waals surface area contributed by atoms with Gasteiger partial charge >= 0.3 is 5.97 Å². The summed E-state index contributed by atoms with van der Waals surface area (Å²) in [6.45, 7) is 0.128. The molecule has 1 atom stereocenters. The predicted molar refractivity (Wildman–Crippen MR) is 89.7 cm³/mol. The third-order valence-electron chi connectivity index (χ3n) is 3.86. The monoisotopic (exact) mass is 341 g/mol. The van der Waals surface area contributed by atoms with Gasteiger partial charge in [0.2, 0.25) is 6.79 Å². The number of benzene rings is 2. The molecule has 0 saturated heterocycles.